The van der Waals surface area contributed by atoms with Crippen LogP contribution in [-0.4, -0.2) is 46.3 Å². The number of benzene rings is 3. The van der Waals surface area contributed by atoms with Gasteiger partial charge in [-0.05, 0) is 35.0 Å². The number of fused-ring (bicyclic) bond motifs is 1. The fourth-order valence-electron chi connectivity index (χ4n) is 2.92. The molecule has 0 radical (unpaired) electrons. The van der Waals surface area contributed by atoms with Crippen LogP contribution in [0.4, 0.5) is 0 Å². The molecule has 30 heavy (non-hydrogen) atoms. The number of ketones is 1. The molecule has 0 saturated heterocycles. The van der Waals surface area contributed by atoms with Crippen molar-refractivity contribution in [1.29, 1.82) is 0 Å². The van der Waals surface area contributed by atoms with Gasteiger partial charge in [0.15, 0.2) is 11.5 Å². The van der Waals surface area contributed by atoms with Crippen molar-refractivity contribution in [2.75, 3.05) is 34.5 Å². The summed E-state index contributed by atoms with van der Waals surface area (Å²) < 4.78 is 26.6. The van der Waals surface area contributed by atoms with Gasteiger partial charge in [-0.25, -0.2) is 4.79 Å². The van der Waals surface area contributed by atoms with E-state index in [9.17, 15) is 9.59 Å². The zero-order valence-corrected chi connectivity index (χ0v) is 17.0. The van der Waals surface area contributed by atoms with Gasteiger partial charge in [0.1, 0.15) is 19.0 Å². The summed E-state index contributed by atoms with van der Waals surface area (Å²) in [6.45, 7) is 0.497. The van der Waals surface area contributed by atoms with Gasteiger partial charge in [-0.3, -0.25) is 4.79 Å². The van der Waals surface area contributed by atoms with Crippen molar-refractivity contribution in [1.82, 2.24) is 0 Å². The summed E-state index contributed by atoms with van der Waals surface area (Å²) in [6.07, 6.45) is 0. The van der Waals surface area contributed by atoms with Crippen molar-refractivity contribution in [3.05, 3.63) is 60.2 Å². The lowest BCUT2D eigenvalue weighted by Crippen LogP contribution is -2.16. The number of esters is 1. The van der Waals surface area contributed by atoms with E-state index >= 15 is 0 Å². The van der Waals surface area contributed by atoms with Crippen LogP contribution in [0.15, 0.2) is 54.6 Å². The van der Waals surface area contributed by atoms with E-state index in [1.807, 2.05) is 42.5 Å². The molecule has 7 nitrogen and oxygen atoms in total. The van der Waals surface area contributed by atoms with E-state index in [1.165, 1.54) is 26.4 Å². The summed E-state index contributed by atoms with van der Waals surface area (Å²) in [5.74, 6) is -0.227. The van der Waals surface area contributed by atoms with E-state index < -0.39 is 11.8 Å². The Hall–Kier alpha value is -3.74. The molecule has 0 unspecified atom stereocenters. The van der Waals surface area contributed by atoms with Crippen LogP contribution >= 0.6 is 0 Å². The number of carbonyl (C=O) groups is 2. The monoisotopic (exact) mass is 410 g/mol. The summed E-state index contributed by atoms with van der Waals surface area (Å²) in [4.78, 5) is 23.6. The van der Waals surface area contributed by atoms with E-state index in [-0.39, 0.29) is 30.3 Å². The van der Waals surface area contributed by atoms with Gasteiger partial charge in [-0.2, -0.15) is 0 Å². The maximum Gasteiger partial charge on any atom is 0.379 e. The van der Waals surface area contributed by atoms with E-state index in [2.05, 4.69) is 4.74 Å². The summed E-state index contributed by atoms with van der Waals surface area (Å²) >= 11 is 0. The molecule has 0 amide bonds. The van der Waals surface area contributed by atoms with Crippen LogP contribution < -0.4 is 18.9 Å². The number of methoxy groups -OCH3 is 3. The maximum atomic E-state index is 12.1. The van der Waals surface area contributed by atoms with E-state index in [1.54, 1.807) is 0 Å². The number of rotatable bonds is 9. The Balaban J connectivity index is 1.69. The van der Waals surface area contributed by atoms with Gasteiger partial charge >= 0.3 is 5.97 Å². The fourth-order valence-corrected chi connectivity index (χ4v) is 2.92. The summed E-state index contributed by atoms with van der Waals surface area (Å²) in [6, 6.07) is 16.7. The third kappa shape index (κ3) is 4.63. The SMILES string of the molecule is COC(=O)C(=O)c1cc(OC)c(OCCOc2ccc3ccccc3c2)c(OC)c1. The lowest BCUT2D eigenvalue weighted by molar-refractivity contribution is -0.135. The Morgan fingerprint density at radius 1 is 0.767 bits per heavy atom. The first kappa shape index (κ1) is 21.0. The number of hydrogen-bond donors (Lipinski definition) is 0. The summed E-state index contributed by atoms with van der Waals surface area (Å²) in [5.41, 5.74) is 0.0790. The highest BCUT2D eigenvalue weighted by Crippen LogP contribution is 2.38. The van der Waals surface area contributed by atoms with Crippen molar-refractivity contribution in [3.8, 4) is 23.0 Å². The standard InChI is InChI=1S/C23H22O7/c1-26-19-13-17(21(24)23(25)28-3)14-20(27-2)22(19)30-11-10-29-18-9-8-15-6-4-5-7-16(15)12-18/h4-9,12-14H,10-11H2,1-3H3. The molecular formula is C23H22O7. The van der Waals surface area contributed by atoms with Gasteiger partial charge < -0.3 is 23.7 Å². The van der Waals surface area contributed by atoms with Crippen LogP contribution in [0, 0.1) is 0 Å². The van der Waals surface area contributed by atoms with Crippen LogP contribution in [-0.2, 0) is 9.53 Å². The molecule has 0 aliphatic heterocycles. The molecule has 0 aliphatic carbocycles. The van der Waals surface area contributed by atoms with Gasteiger partial charge in [0, 0.05) is 5.56 Å². The topological polar surface area (TPSA) is 80.3 Å². The Labute approximate surface area is 174 Å². The van der Waals surface area contributed by atoms with Crippen LogP contribution in [0.2, 0.25) is 0 Å². The van der Waals surface area contributed by atoms with E-state index in [0.717, 1.165) is 23.6 Å². The second-order valence-electron chi connectivity index (χ2n) is 6.24. The average molecular weight is 410 g/mol. The van der Waals surface area contributed by atoms with Crippen LogP contribution in [0.25, 0.3) is 10.8 Å². The molecule has 0 atom stereocenters. The van der Waals surface area contributed by atoms with Gasteiger partial charge in [-0.1, -0.05) is 30.3 Å². The molecule has 0 bridgehead atoms. The minimum Gasteiger partial charge on any atom is -0.493 e. The first-order valence-electron chi connectivity index (χ1n) is 9.20. The largest absolute Gasteiger partial charge is 0.493 e. The van der Waals surface area contributed by atoms with Crippen molar-refractivity contribution < 1.29 is 33.3 Å². The minimum atomic E-state index is -0.975. The highest BCUT2D eigenvalue weighted by atomic mass is 16.6. The molecule has 3 aromatic rings. The molecule has 0 aliphatic rings. The van der Waals surface area contributed by atoms with E-state index in [0.29, 0.717) is 5.75 Å². The van der Waals surface area contributed by atoms with Gasteiger partial charge in [-0.15, -0.1) is 0 Å². The molecule has 3 rings (SSSR count). The molecule has 0 heterocycles. The molecule has 3 aromatic carbocycles. The van der Waals surface area contributed by atoms with Gasteiger partial charge in [0.05, 0.1) is 21.3 Å². The van der Waals surface area contributed by atoms with Crippen molar-refractivity contribution in [3.63, 3.8) is 0 Å². The molecule has 0 fully saturated rings. The Morgan fingerprint density at radius 3 is 2.03 bits per heavy atom. The molecule has 0 N–H and O–H groups in total. The summed E-state index contributed by atoms with van der Waals surface area (Å²) in [5, 5.41) is 2.22. The van der Waals surface area contributed by atoms with Crippen LogP contribution in [0.3, 0.4) is 0 Å². The molecular weight excluding hydrogens is 388 g/mol. The van der Waals surface area contributed by atoms with Crippen LogP contribution in [0.5, 0.6) is 23.0 Å². The first-order chi connectivity index (χ1) is 14.6. The minimum absolute atomic E-state index is 0.0790. The third-order valence-electron chi connectivity index (χ3n) is 4.41. The van der Waals surface area contributed by atoms with Crippen molar-refractivity contribution >= 4 is 22.5 Å². The molecule has 0 spiro atoms. The van der Waals surface area contributed by atoms with Gasteiger partial charge in [0.25, 0.3) is 5.78 Å². The lowest BCUT2D eigenvalue weighted by atomic mass is 10.1. The third-order valence-corrected chi connectivity index (χ3v) is 4.41. The Morgan fingerprint density at radius 2 is 1.40 bits per heavy atom. The average Bonchev–Trinajstić information content (AvgIpc) is 2.80. The fraction of sp³-hybridized carbons (Fsp3) is 0.217. The predicted molar refractivity (Wildman–Crippen MR) is 111 cm³/mol. The lowest BCUT2D eigenvalue weighted by Gasteiger charge is -2.16. The highest BCUT2D eigenvalue weighted by molar-refractivity contribution is 6.40. The van der Waals surface area contributed by atoms with Crippen molar-refractivity contribution in [2.24, 2.45) is 0 Å². The molecule has 7 heteroatoms. The number of carbonyl (C=O) groups excluding carboxylic acids is 2. The smallest absolute Gasteiger partial charge is 0.379 e. The molecule has 156 valence electrons. The zero-order valence-electron chi connectivity index (χ0n) is 17.0. The number of hydrogen-bond acceptors (Lipinski definition) is 7. The second-order valence-corrected chi connectivity index (χ2v) is 6.24. The predicted octanol–water partition coefficient (Wildman–Crippen LogP) is 3.67. The van der Waals surface area contributed by atoms with Crippen molar-refractivity contribution in [2.45, 2.75) is 0 Å². The second kappa shape index (κ2) is 9.65. The highest BCUT2D eigenvalue weighted by Gasteiger charge is 2.22. The first-order valence-corrected chi connectivity index (χ1v) is 9.20. The number of ether oxygens (including phenoxy) is 5. The maximum absolute atomic E-state index is 12.1. The number of Topliss-reactive ketones (excluding diaryl/α,β-unsaturated/α-hetero) is 1. The Bertz CT molecular complexity index is 1030. The zero-order chi connectivity index (χ0) is 21.5. The van der Waals surface area contributed by atoms with E-state index in [4.69, 9.17) is 18.9 Å². The van der Waals surface area contributed by atoms with Crippen LogP contribution in [0.1, 0.15) is 10.4 Å². The molecule has 0 aromatic heterocycles. The van der Waals surface area contributed by atoms with Gasteiger partial charge in [0.2, 0.25) is 5.75 Å². The summed E-state index contributed by atoms with van der Waals surface area (Å²) in [7, 11) is 4.00. The quantitative estimate of drug-likeness (QED) is 0.230. The Kier molecular flexibility index (Phi) is 6.75. The normalized spacial score (nSPS) is 10.4. The molecule has 0 saturated carbocycles.